The van der Waals surface area contributed by atoms with Crippen LogP contribution in [0.3, 0.4) is 0 Å². The number of methoxy groups -OCH3 is 1. The molecule has 0 saturated heterocycles. The highest BCUT2D eigenvalue weighted by Gasteiger charge is 2.23. The number of hydrogen-bond donors (Lipinski definition) is 1. The maximum Gasteiger partial charge on any atom is 0.303 e. The maximum absolute atomic E-state index is 13.3. The first kappa shape index (κ1) is 18.7. The van der Waals surface area contributed by atoms with Crippen LogP contribution in [0, 0.1) is 0 Å². The van der Waals surface area contributed by atoms with Crippen molar-refractivity contribution in [1.82, 2.24) is 3.97 Å². The number of rotatable bonds is 7. The van der Waals surface area contributed by atoms with Crippen LogP contribution in [0.5, 0.6) is 5.75 Å². The molecule has 8 heteroatoms. The molecule has 1 atom stereocenters. The van der Waals surface area contributed by atoms with Gasteiger partial charge in [0.2, 0.25) is 4.21 Å². The maximum atomic E-state index is 13.3. The summed E-state index contributed by atoms with van der Waals surface area (Å²) in [5, 5.41) is 9.88. The topological polar surface area (TPSA) is 87.7 Å². The molecule has 28 heavy (non-hydrogen) atoms. The molecule has 0 bridgehead atoms. The highest BCUT2D eigenvalue weighted by atomic mass is 32.2. The Morgan fingerprint density at radius 2 is 2.18 bits per heavy atom. The highest BCUT2D eigenvalue weighted by molar-refractivity contribution is 7.92. The minimum Gasteiger partial charge on any atom is -0.587 e. The molecule has 0 saturated carbocycles. The molecule has 0 amide bonds. The number of carbonyl (C=O) groups is 1. The molecule has 4 rings (SSSR count). The third kappa shape index (κ3) is 3.54. The molecule has 3 aromatic heterocycles. The summed E-state index contributed by atoms with van der Waals surface area (Å²) in [7, 11) is 1.58. The van der Waals surface area contributed by atoms with Gasteiger partial charge in [-0.2, -0.15) is 3.97 Å². The van der Waals surface area contributed by atoms with Gasteiger partial charge in [0.1, 0.15) is 22.9 Å². The Hall–Kier alpha value is -2.68. The van der Waals surface area contributed by atoms with Crippen LogP contribution < -0.4 is 4.74 Å². The fourth-order valence-corrected chi connectivity index (χ4v) is 5.45. The molecule has 0 radical (unpaired) electrons. The van der Waals surface area contributed by atoms with Crippen molar-refractivity contribution in [1.29, 1.82) is 0 Å². The molecule has 0 fully saturated rings. The first-order chi connectivity index (χ1) is 13.6. The van der Waals surface area contributed by atoms with E-state index in [1.165, 1.54) is 11.3 Å². The van der Waals surface area contributed by atoms with Gasteiger partial charge in [-0.3, -0.25) is 4.79 Å². The number of aryl methyl sites for hydroxylation is 1. The smallest absolute Gasteiger partial charge is 0.303 e. The van der Waals surface area contributed by atoms with E-state index in [0.717, 1.165) is 27.1 Å². The second-order valence-electron chi connectivity index (χ2n) is 6.10. The van der Waals surface area contributed by atoms with Crippen LogP contribution in [0.25, 0.3) is 21.5 Å². The predicted octanol–water partition coefficient (Wildman–Crippen LogP) is 4.56. The molecule has 4 aromatic rings. The Kier molecular flexibility index (Phi) is 5.17. The van der Waals surface area contributed by atoms with Crippen molar-refractivity contribution < 1.29 is 23.6 Å². The number of benzene rings is 1. The van der Waals surface area contributed by atoms with E-state index < -0.39 is 17.3 Å². The van der Waals surface area contributed by atoms with Crippen molar-refractivity contribution in [3.8, 4) is 16.4 Å². The van der Waals surface area contributed by atoms with Gasteiger partial charge in [0.05, 0.1) is 30.0 Å². The number of aromatic nitrogens is 1. The minimum absolute atomic E-state index is 0.00457. The Morgan fingerprint density at radius 1 is 1.32 bits per heavy atom. The average molecular weight is 415 g/mol. The van der Waals surface area contributed by atoms with Crippen molar-refractivity contribution in [3.05, 3.63) is 60.5 Å². The quantitative estimate of drug-likeness (QED) is 0.447. The fraction of sp³-hybridized carbons (Fsp3) is 0.150. The van der Waals surface area contributed by atoms with E-state index in [1.54, 1.807) is 29.6 Å². The third-order valence-corrected chi connectivity index (χ3v) is 7.08. The number of aliphatic carboxylic acids is 1. The van der Waals surface area contributed by atoms with Crippen molar-refractivity contribution in [2.24, 2.45) is 0 Å². The molecule has 0 aliphatic heterocycles. The Bertz CT molecular complexity index is 1110. The highest BCUT2D eigenvalue weighted by Crippen LogP contribution is 2.35. The van der Waals surface area contributed by atoms with E-state index in [4.69, 9.17) is 14.3 Å². The fourth-order valence-electron chi connectivity index (χ4n) is 3.01. The van der Waals surface area contributed by atoms with Crippen molar-refractivity contribution in [2.45, 2.75) is 17.1 Å². The van der Waals surface area contributed by atoms with Crippen molar-refractivity contribution in [3.63, 3.8) is 0 Å². The summed E-state index contributed by atoms with van der Waals surface area (Å²) < 4.78 is 26.3. The number of carboxylic acid groups (broad SMARTS) is 1. The third-order valence-electron chi connectivity index (χ3n) is 4.36. The van der Waals surface area contributed by atoms with Crippen molar-refractivity contribution >= 4 is 39.6 Å². The zero-order chi connectivity index (χ0) is 19.7. The zero-order valence-electron chi connectivity index (χ0n) is 15.0. The molecule has 1 N–H and O–H groups in total. The molecular formula is C20H17NO5S2. The van der Waals surface area contributed by atoms with Crippen LogP contribution in [0.1, 0.15) is 12.0 Å². The second-order valence-corrected chi connectivity index (χ2v) is 8.78. The molecule has 6 nitrogen and oxygen atoms in total. The van der Waals surface area contributed by atoms with E-state index in [9.17, 15) is 9.35 Å². The lowest BCUT2D eigenvalue weighted by molar-refractivity contribution is -0.136. The molecule has 1 unspecified atom stereocenters. The van der Waals surface area contributed by atoms with Crippen LogP contribution in [0.2, 0.25) is 0 Å². The SMILES string of the molecule is COc1ccc2c(c1)c(CCC(=O)O)cn2[S+]([O-])c1ccc(-c2ccco2)s1. The number of thiophene rings is 1. The van der Waals surface area contributed by atoms with Crippen LogP contribution in [0.4, 0.5) is 0 Å². The van der Waals surface area contributed by atoms with Gasteiger partial charge in [0.15, 0.2) is 0 Å². The van der Waals surface area contributed by atoms with E-state index >= 15 is 0 Å². The Morgan fingerprint density at radius 3 is 2.89 bits per heavy atom. The van der Waals surface area contributed by atoms with Crippen LogP contribution in [0.15, 0.2) is 63.6 Å². The lowest BCUT2D eigenvalue weighted by Crippen LogP contribution is -2.10. The van der Waals surface area contributed by atoms with Gasteiger partial charge in [0.25, 0.3) is 0 Å². The summed E-state index contributed by atoms with van der Waals surface area (Å²) in [6, 6.07) is 12.9. The lowest BCUT2D eigenvalue weighted by atomic mass is 10.1. The zero-order valence-corrected chi connectivity index (χ0v) is 16.6. The Labute approximate surface area is 168 Å². The van der Waals surface area contributed by atoms with E-state index in [0.29, 0.717) is 16.4 Å². The second kappa shape index (κ2) is 7.75. The number of ether oxygens (including phenoxy) is 1. The summed E-state index contributed by atoms with van der Waals surface area (Å²) in [6.45, 7) is 0. The first-order valence-corrected chi connectivity index (χ1v) is 10.4. The summed E-state index contributed by atoms with van der Waals surface area (Å²) >= 11 is -0.0552. The monoisotopic (exact) mass is 415 g/mol. The van der Waals surface area contributed by atoms with Crippen LogP contribution >= 0.6 is 11.3 Å². The van der Waals surface area contributed by atoms with Gasteiger partial charge in [-0.15, -0.1) is 0 Å². The largest absolute Gasteiger partial charge is 0.587 e. The van der Waals surface area contributed by atoms with Gasteiger partial charge in [-0.25, -0.2) is 0 Å². The van der Waals surface area contributed by atoms with E-state index in [2.05, 4.69) is 0 Å². The normalized spacial score (nSPS) is 12.4. The van der Waals surface area contributed by atoms with Gasteiger partial charge < -0.3 is 18.8 Å². The van der Waals surface area contributed by atoms with Crippen molar-refractivity contribution in [2.75, 3.05) is 7.11 Å². The van der Waals surface area contributed by atoms with Gasteiger partial charge in [0, 0.05) is 17.9 Å². The number of fused-ring (bicyclic) bond motifs is 1. The van der Waals surface area contributed by atoms with Gasteiger partial charge >= 0.3 is 5.97 Å². The average Bonchev–Trinajstić information content (AvgIpc) is 3.44. The number of nitrogens with zero attached hydrogens (tertiary/aromatic N) is 1. The summed E-state index contributed by atoms with van der Waals surface area (Å²) in [6.07, 6.45) is 3.73. The molecular weight excluding hydrogens is 398 g/mol. The molecule has 0 aliphatic rings. The van der Waals surface area contributed by atoms with E-state index in [1.807, 2.05) is 36.4 Å². The number of hydrogen-bond acceptors (Lipinski definition) is 5. The lowest BCUT2D eigenvalue weighted by Gasteiger charge is -2.09. The number of carboxylic acids is 1. The van der Waals surface area contributed by atoms with Gasteiger partial charge in [-0.05, 0) is 48.4 Å². The summed E-state index contributed by atoms with van der Waals surface area (Å²) in [4.78, 5) is 11.9. The molecule has 0 aliphatic carbocycles. The van der Waals surface area contributed by atoms with E-state index in [-0.39, 0.29) is 6.42 Å². The molecule has 144 valence electrons. The standard InChI is InChI=1S/C20H17NO5S2/c1-25-14-5-6-16-15(11-14)13(4-8-19(22)23)12-21(16)28(24)20-9-7-18(27-20)17-3-2-10-26-17/h2-3,5-7,9-12H,4,8H2,1H3,(H,22,23). The van der Waals surface area contributed by atoms with Crippen LogP contribution in [-0.2, 0) is 22.6 Å². The minimum atomic E-state index is -1.46. The van der Waals surface area contributed by atoms with Crippen LogP contribution in [-0.4, -0.2) is 26.7 Å². The molecule has 0 spiro atoms. The summed E-state index contributed by atoms with van der Waals surface area (Å²) in [5.74, 6) is 0.535. The first-order valence-electron chi connectivity index (χ1n) is 8.52. The predicted molar refractivity (Wildman–Crippen MR) is 108 cm³/mol. The Balaban J connectivity index is 1.74. The van der Waals surface area contributed by atoms with Gasteiger partial charge in [-0.1, -0.05) is 11.3 Å². The summed E-state index contributed by atoms with van der Waals surface area (Å²) in [5.41, 5.74) is 1.60. The molecule has 1 aromatic carbocycles. The molecule has 3 heterocycles. The number of furan rings is 1.